The third kappa shape index (κ3) is 5.24. The second-order valence-electron chi connectivity index (χ2n) is 7.82. The van der Waals surface area contributed by atoms with E-state index >= 15 is 0 Å². The summed E-state index contributed by atoms with van der Waals surface area (Å²) in [5.74, 6) is -0.166. The SMILES string of the molecule is O=S(=O)(Nc1cncc(-c2ccc3ncnc(OC4CCOCC4)c3n2)c1)c1ccc(F)cc1Br. The molecule has 180 valence electrons. The van der Waals surface area contributed by atoms with Crippen LogP contribution in [0.25, 0.3) is 22.3 Å². The van der Waals surface area contributed by atoms with Gasteiger partial charge in [0.1, 0.15) is 23.1 Å². The van der Waals surface area contributed by atoms with Crippen LogP contribution in [0.5, 0.6) is 5.88 Å². The van der Waals surface area contributed by atoms with Gasteiger partial charge in [0.15, 0.2) is 5.52 Å². The molecule has 4 heterocycles. The molecule has 0 atom stereocenters. The highest BCUT2D eigenvalue weighted by Gasteiger charge is 2.20. The molecule has 1 fully saturated rings. The number of ether oxygens (including phenoxy) is 2. The lowest BCUT2D eigenvalue weighted by molar-refractivity contribution is 0.0243. The van der Waals surface area contributed by atoms with Gasteiger partial charge in [0, 0.05) is 29.1 Å². The summed E-state index contributed by atoms with van der Waals surface area (Å²) in [5, 5.41) is 0. The first-order chi connectivity index (χ1) is 16.9. The number of nitrogens with zero attached hydrogens (tertiary/aromatic N) is 4. The molecule has 1 saturated heterocycles. The number of nitrogens with one attached hydrogen (secondary N) is 1. The molecule has 35 heavy (non-hydrogen) atoms. The molecule has 1 aliphatic rings. The summed E-state index contributed by atoms with van der Waals surface area (Å²) < 4.78 is 53.1. The van der Waals surface area contributed by atoms with Crippen LogP contribution in [0.1, 0.15) is 12.8 Å². The standard InChI is InChI=1S/C23H19BrFN5O4S/c24-18-10-15(25)1-4-21(18)35(31,32)30-16-9-14(11-26-12-16)19-2-3-20-22(29-19)23(28-13-27-20)34-17-5-7-33-8-6-17/h1-4,9-13,17,30H,5-8H2. The molecule has 12 heteroatoms. The van der Waals surface area contributed by atoms with Gasteiger partial charge < -0.3 is 9.47 Å². The van der Waals surface area contributed by atoms with Crippen LogP contribution in [0.3, 0.4) is 0 Å². The van der Waals surface area contributed by atoms with Crippen LogP contribution < -0.4 is 9.46 Å². The zero-order valence-corrected chi connectivity index (χ0v) is 20.6. The highest BCUT2D eigenvalue weighted by molar-refractivity contribution is 9.10. The van der Waals surface area contributed by atoms with E-state index in [0.29, 0.717) is 41.4 Å². The lowest BCUT2D eigenvalue weighted by Gasteiger charge is -2.22. The van der Waals surface area contributed by atoms with Crippen molar-refractivity contribution in [2.45, 2.75) is 23.8 Å². The van der Waals surface area contributed by atoms with Crippen LogP contribution in [0.15, 0.2) is 64.5 Å². The van der Waals surface area contributed by atoms with Gasteiger partial charge in [0.25, 0.3) is 10.0 Å². The highest BCUT2D eigenvalue weighted by Crippen LogP contribution is 2.29. The molecular weight excluding hydrogens is 541 g/mol. The van der Waals surface area contributed by atoms with Gasteiger partial charge in [0.05, 0.1) is 36.3 Å². The summed E-state index contributed by atoms with van der Waals surface area (Å²) >= 11 is 3.10. The minimum Gasteiger partial charge on any atom is -0.473 e. The Morgan fingerprint density at radius 3 is 2.71 bits per heavy atom. The summed E-state index contributed by atoms with van der Waals surface area (Å²) in [6.45, 7) is 1.27. The molecule has 0 bridgehead atoms. The number of sulfonamides is 1. The number of hydrogen-bond acceptors (Lipinski definition) is 8. The lowest BCUT2D eigenvalue weighted by atomic mass is 10.1. The summed E-state index contributed by atoms with van der Waals surface area (Å²) in [5.41, 5.74) is 2.46. The molecule has 0 radical (unpaired) electrons. The molecule has 0 unspecified atom stereocenters. The van der Waals surface area contributed by atoms with Crippen LogP contribution >= 0.6 is 15.9 Å². The van der Waals surface area contributed by atoms with E-state index in [1.807, 2.05) is 0 Å². The largest absolute Gasteiger partial charge is 0.473 e. The second-order valence-corrected chi connectivity index (χ2v) is 10.3. The van der Waals surface area contributed by atoms with Crippen molar-refractivity contribution < 1.29 is 22.3 Å². The predicted molar refractivity (Wildman–Crippen MR) is 130 cm³/mol. The number of halogens is 2. The monoisotopic (exact) mass is 559 g/mol. The Morgan fingerprint density at radius 2 is 1.91 bits per heavy atom. The van der Waals surface area contributed by atoms with E-state index in [2.05, 4.69) is 40.6 Å². The van der Waals surface area contributed by atoms with Gasteiger partial charge in [-0.2, -0.15) is 4.98 Å². The fraction of sp³-hybridized carbons (Fsp3) is 0.217. The van der Waals surface area contributed by atoms with Crippen molar-refractivity contribution in [3.8, 4) is 17.1 Å². The first-order valence-corrected chi connectivity index (χ1v) is 13.0. The Bertz CT molecular complexity index is 1500. The molecule has 9 nitrogen and oxygen atoms in total. The average Bonchev–Trinajstić information content (AvgIpc) is 2.84. The number of anilines is 1. The van der Waals surface area contributed by atoms with Crippen molar-refractivity contribution in [1.29, 1.82) is 0 Å². The first kappa shape index (κ1) is 23.5. The summed E-state index contributed by atoms with van der Waals surface area (Å²) in [6.07, 6.45) is 5.90. The van der Waals surface area contributed by atoms with E-state index < -0.39 is 15.8 Å². The predicted octanol–water partition coefficient (Wildman–Crippen LogP) is 4.35. The van der Waals surface area contributed by atoms with Gasteiger partial charge in [-0.3, -0.25) is 9.71 Å². The molecule has 1 N–H and O–H groups in total. The molecule has 0 amide bonds. The Labute approximate surface area is 208 Å². The average molecular weight is 560 g/mol. The van der Waals surface area contributed by atoms with Gasteiger partial charge in [-0.15, -0.1) is 0 Å². The lowest BCUT2D eigenvalue weighted by Crippen LogP contribution is -2.26. The normalized spacial score (nSPS) is 14.7. The summed E-state index contributed by atoms with van der Waals surface area (Å²) in [4.78, 5) is 17.3. The minimum absolute atomic E-state index is 0.0162. The number of benzene rings is 1. The van der Waals surface area contributed by atoms with Crippen LogP contribution in [-0.4, -0.2) is 47.7 Å². The van der Waals surface area contributed by atoms with Crippen molar-refractivity contribution in [3.63, 3.8) is 0 Å². The van der Waals surface area contributed by atoms with Crippen LogP contribution in [0.2, 0.25) is 0 Å². The van der Waals surface area contributed by atoms with Crippen LogP contribution in [0, 0.1) is 5.82 Å². The molecule has 0 spiro atoms. The zero-order valence-electron chi connectivity index (χ0n) is 18.2. The van der Waals surface area contributed by atoms with Crippen molar-refractivity contribution in [2.75, 3.05) is 17.9 Å². The third-order valence-electron chi connectivity index (χ3n) is 5.36. The molecular formula is C23H19BrFN5O4S. The smallest absolute Gasteiger partial charge is 0.263 e. The first-order valence-electron chi connectivity index (χ1n) is 10.7. The Morgan fingerprint density at radius 1 is 1.09 bits per heavy atom. The third-order valence-corrected chi connectivity index (χ3v) is 7.72. The van der Waals surface area contributed by atoms with E-state index in [0.717, 1.165) is 25.0 Å². The molecule has 5 rings (SSSR count). The maximum Gasteiger partial charge on any atom is 0.263 e. The van der Waals surface area contributed by atoms with Gasteiger partial charge in [-0.25, -0.2) is 22.8 Å². The topological polar surface area (TPSA) is 116 Å². The van der Waals surface area contributed by atoms with E-state index in [1.165, 1.54) is 18.6 Å². The molecule has 0 saturated carbocycles. The Hall–Kier alpha value is -3.22. The van der Waals surface area contributed by atoms with Crippen molar-refractivity contribution in [1.82, 2.24) is 19.9 Å². The van der Waals surface area contributed by atoms with Crippen LogP contribution in [-0.2, 0) is 14.8 Å². The number of pyridine rings is 2. The quantitative estimate of drug-likeness (QED) is 0.370. The molecule has 3 aromatic heterocycles. The second kappa shape index (κ2) is 9.80. The fourth-order valence-corrected chi connectivity index (χ4v) is 5.74. The molecule has 1 aromatic carbocycles. The Kier molecular flexibility index (Phi) is 6.58. The zero-order chi connectivity index (χ0) is 24.4. The summed E-state index contributed by atoms with van der Waals surface area (Å²) in [6, 6.07) is 8.52. The van der Waals surface area contributed by atoms with E-state index in [4.69, 9.17) is 9.47 Å². The Balaban J connectivity index is 1.45. The van der Waals surface area contributed by atoms with Crippen molar-refractivity contribution in [3.05, 3.63) is 65.4 Å². The van der Waals surface area contributed by atoms with Gasteiger partial charge in [-0.05, 0) is 52.3 Å². The highest BCUT2D eigenvalue weighted by atomic mass is 79.9. The summed E-state index contributed by atoms with van der Waals surface area (Å²) in [7, 11) is -3.99. The maximum absolute atomic E-state index is 13.4. The number of hydrogen-bond donors (Lipinski definition) is 1. The van der Waals surface area contributed by atoms with Crippen molar-refractivity contribution >= 4 is 42.7 Å². The number of fused-ring (bicyclic) bond motifs is 1. The molecule has 1 aliphatic heterocycles. The van der Waals surface area contributed by atoms with E-state index in [-0.39, 0.29) is 21.2 Å². The van der Waals surface area contributed by atoms with Gasteiger partial charge in [-0.1, -0.05) is 0 Å². The number of rotatable bonds is 6. The van der Waals surface area contributed by atoms with Crippen molar-refractivity contribution in [2.24, 2.45) is 0 Å². The fourth-order valence-electron chi connectivity index (χ4n) is 3.66. The minimum atomic E-state index is -3.99. The van der Waals surface area contributed by atoms with E-state index in [1.54, 1.807) is 24.4 Å². The molecule has 4 aromatic rings. The maximum atomic E-state index is 13.4. The van der Waals surface area contributed by atoms with Crippen LogP contribution in [0.4, 0.5) is 10.1 Å². The van der Waals surface area contributed by atoms with Gasteiger partial charge >= 0.3 is 0 Å². The van der Waals surface area contributed by atoms with E-state index in [9.17, 15) is 12.8 Å². The molecule has 0 aliphatic carbocycles. The van der Waals surface area contributed by atoms with Gasteiger partial charge in [0.2, 0.25) is 5.88 Å². The number of aromatic nitrogens is 4.